The van der Waals surface area contributed by atoms with E-state index >= 15 is 0 Å². The fraction of sp³-hybridized carbons (Fsp3) is 0.538. The van der Waals surface area contributed by atoms with Crippen molar-refractivity contribution in [1.82, 2.24) is 5.32 Å². The lowest BCUT2D eigenvalue weighted by Gasteiger charge is -2.11. The molecule has 1 atom stereocenters. The molecular weight excluding hydrogens is 225 g/mol. The fourth-order valence-corrected chi connectivity index (χ4v) is 1.94. The number of aryl methyl sites for hydroxylation is 1. The summed E-state index contributed by atoms with van der Waals surface area (Å²) < 4.78 is 13.0. The molecule has 90 valence electrons. The molecule has 1 unspecified atom stereocenters. The number of nitrogens with one attached hydrogen (secondary N) is 1. The van der Waals surface area contributed by atoms with Crippen molar-refractivity contribution in [2.24, 2.45) is 0 Å². The topological polar surface area (TPSA) is 12.0 Å². The minimum Gasteiger partial charge on any atom is -0.311 e. The molecule has 1 rings (SSSR count). The molecule has 0 bridgehead atoms. The minimum absolute atomic E-state index is 0.166. The molecule has 1 nitrogen and oxygen atoms in total. The Morgan fingerprint density at radius 3 is 2.88 bits per heavy atom. The van der Waals surface area contributed by atoms with Crippen LogP contribution in [0.4, 0.5) is 4.39 Å². The van der Waals surface area contributed by atoms with E-state index in [-0.39, 0.29) is 11.2 Å². The Hall–Kier alpha value is -0.600. The average molecular weight is 244 g/mol. The number of rotatable bonds is 6. The zero-order chi connectivity index (χ0) is 12.0. The van der Waals surface area contributed by atoms with Gasteiger partial charge in [-0.05, 0) is 36.6 Å². The first-order valence-corrected chi connectivity index (χ1v) is 6.17. The lowest BCUT2D eigenvalue weighted by molar-refractivity contribution is 0.607. The predicted octanol–water partition coefficient (Wildman–Crippen LogP) is 3.63. The number of halogens is 2. The maximum Gasteiger partial charge on any atom is 0.123 e. The summed E-state index contributed by atoms with van der Waals surface area (Å²) in [5, 5.41) is 3.42. The largest absolute Gasteiger partial charge is 0.311 e. The Bertz CT molecular complexity index is 328. The second kappa shape index (κ2) is 6.87. The standard InChI is InChI=1S/C13H19ClFN/c1-3-4-12(14)9-16-8-11-7-13(15)6-5-10(11)2/h5-7,12,16H,3-4,8-9H2,1-2H3. The van der Waals surface area contributed by atoms with Crippen LogP contribution in [0.2, 0.25) is 0 Å². The van der Waals surface area contributed by atoms with Crippen LogP contribution in [0.25, 0.3) is 0 Å². The van der Waals surface area contributed by atoms with Gasteiger partial charge in [0.1, 0.15) is 5.82 Å². The van der Waals surface area contributed by atoms with Crippen LogP contribution in [0.1, 0.15) is 30.9 Å². The van der Waals surface area contributed by atoms with E-state index in [1.807, 2.05) is 6.92 Å². The molecule has 1 aromatic carbocycles. The normalized spacial score (nSPS) is 12.8. The Morgan fingerprint density at radius 2 is 2.19 bits per heavy atom. The van der Waals surface area contributed by atoms with Gasteiger partial charge in [0.25, 0.3) is 0 Å². The smallest absolute Gasteiger partial charge is 0.123 e. The van der Waals surface area contributed by atoms with E-state index < -0.39 is 0 Å². The van der Waals surface area contributed by atoms with Gasteiger partial charge in [-0.15, -0.1) is 11.6 Å². The highest BCUT2D eigenvalue weighted by Crippen LogP contribution is 2.10. The van der Waals surface area contributed by atoms with Crippen molar-refractivity contribution in [2.45, 2.75) is 38.6 Å². The Labute approximate surface area is 102 Å². The second-order valence-corrected chi connectivity index (χ2v) is 4.70. The van der Waals surface area contributed by atoms with E-state index in [1.54, 1.807) is 12.1 Å². The molecule has 0 amide bonds. The van der Waals surface area contributed by atoms with E-state index in [4.69, 9.17) is 11.6 Å². The molecule has 0 aliphatic carbocycles. The summed E-state index contributed by atoms with van der Waals surface area (Å²) in [4.78, 5) is 0. The molecule has 0 saturated carbocycles. The predicted molar refractivity (Wildman–Crippen MR) is 67.4 cm³/mol. The molecule has 0 radical (unpaired) electrons. The highest BCUT2D eigenvalue weighted by atomic mass is 35.5. The van der Waals surface area contributed by atoms with Gasteiger partial charge in [-0.2, -0.15) is 0 Å². The summed E-state index contributed by atoms with van der Waals surface area (Å²) in [5.41, 5.74) is 2.11. The summed E-state index contributed by atoms with van der Waals surface area (Å²) in [6.45, 7) is 5.55. The van der Waals surface area contributed by atoms with Crippen molar-refractivity contribution in [3.05, 3.63) is 35.1 Å². The van der Waals surface area contributed by atoms with Crippen molar-refractivity contribution < 1.29 is 4.39 Å². The van der Waals surface area contributed by atoms with Crippen LogP contribution >= 0.6 is 11.6 Å². The number of benzene rings is 1. The molecule has 0 saturated heterocycles. The van der Waals surface area contributed by atoms with Gasteiger partial charge in [0.15, 0.2) is 0 Å². The molecule has 3 heteroatoms. The summed E-state index contributed by atoms with van der Waals surface area (Å²) in [7, 11) is 0. The van der Waals surface area contributed by atoms with Gasteiger partial charge in [-0.1, -0.05) is 19.4 Å². The summed E-state index contributed by atoms with van der Waals surface area (Å²) in [6.07, 6.45) is 2.10. The van der Waals surface area contributed by atoms with E-state index in [1.165, 1.54) is 6.07 Å². The minimum atomic E-state index is -0.182. The molecular formula is C13H19ClFN. The summed E-state index contributed by atoms with van der Waals surface area (Å²) in [6, 6.07) is 4.86. The van der Waals surface area contributed by atoms with Crippen molar-refractivity contribution in [1.29, 1.82) is 0 Å². The van der Waals surface area contributed by atoms with Crippen LogP contribution in [-0.4, -0.2) is 11.9 Å². The number of alkyl halides is 1. The SMILES string of the molecule is CCCC(Cl)CNCc1cc(F)ccc1C. The van der Waals surface area contributed by atoms with Crippen molar-refractivity contribution >= 4 is 11.6 Å². The van der Waals surface area contributed by atoms with Gasteiger partial charge < -0.3 is 5.32 Å². The Kier molecular flexibility index (Phi) is 5.78. The van der Waals surface area contributed by atoms with Gasteiger partial charge in [0, 0.05) is 18.5 Å². The van der Waals surface area contributed by atoms with Crippen LogP contribution in [0.5, 0.6) is 0 Å². The maximum absolute atomic E-state index is 13.0. The highest BCUT2D eigenvalue weighted by Gasteiger charge is 2.04. The van der Waals surface area contributed by atoms with Gasteiger partial charge in [-0.25, -0.2) is 4.39 Å². The highest BCUT2D eigenvalue weighted by molar-refractivity contribution is 6.20. The third-order valence-corrected chi connectivity index (χ3v) is 2.97. The first-order valence-electron chi connectivity index (χ1n) is 5.73. The summed E-state index contributed by atoms with van der Waals surface area (Å²) >= 11 is 6.08. The lowest BCUT2D eigenvalue weighted by Crippen LogP contribution is -2.23. The summed E-state index contributed by atoms with van der Waals surface area (Å²) in [5.74, 6) is -0.182. The number of hydrogen-bond donors (Lipinski definition) is 1. The van der Waals surface area contributed by atoms with Crippen LogP contribution in [0.3, 0.4) is 0 Å². The zero-order valence-electron chi connectivity index (χ0n) is 9.89. The fourth-order valence-electron chi connectivity index (χ4n) is 1.61. The van der Waals surface area contributed by atoms with E-state index in [2.05, 4.69) is 12.2 Å². The van der Waals surface area contributed by atoms with Crippen molar-refractivity contribution in [3.8, 4) is 0 Å². The van der Waals surface area contributed by atoms with E-state index in [0.717, 1.165) is 30.5 Å². The van der Waals surface area contributed by atoms with E-state index in [0.29, 0.717) is 6.54 Å². The number of hydrogen-bond acceptors (Lipinski definition) is 1. The van der Waals surface area contributed by atoms with Gasteiger partial charge >= 0.3 is 0 Å². The van der Waals surface area contributed by atoms with E-state index in [9.17, 15) is 4.39 Å². The Morgan fingerprint density at radius 1 is 1.44 bits per heavy atom. The van der Waals surface area contributed by atoms with Crippen LogP contribution in [-0.2, 0) is 6.54 Å². The molecule has 16 heavy (non-hydrogen) atoms. The molecule has 0 aromatic heterocycles. The molecule has 1 aromatic rings. The van der Waals surface area contributed by atoms with Crippen LogP contribution in [0.15, 0.2) is 18.2 Å². The third kappa shape index (κ3) is 4.50. The van der Waals surface area contributed by atoms with Crippen molar-refractivity contribution in [3.63, 3.8) is 0 Å². The zero-order valence-corrected chi connectivity index (χ0v) is 10.6. The second-order valence-electron chi connectivity index (χ2n) is 4.09. The molecule has 1 N–H and O–H groups in total. The molecule has 0 spiro atoms. The van der Waals surface area contributed by atoms with Gasteiger partial charge in [0.2, 0.25) is 0 Å². The molecule has 0 fully saturated rings. The van der Waals surface area contributed by atoms with Crippen molar-refractivity contribution in [2.75, 3.05) is 6.54 Å². The molecule has 0 heterocycles. The van der Waals surface area contributed by atoms with Crippen LogP contribution in [0, 0.1) is 12.7 Å². The maximum atomic E-state index is 13.0. The first-order chi connectivity index (χ1) is 7.63. The third-order valence-electron chi connectivity index (χ3n) is 2.59. The lowest BCUT2D eigenvalue weighted by atomic mass is 10.1. The van der Waals surface area contributed by atoms with Gasteiger partial charge in [0.05, 0.1) is 0 Å². The Balaban J connectivity index is 2.39. The molecule has 0 aliphatic heterocycles. The quantitative estimate of drug-likeness (QED) is 0.753. The average Bonchev–Trinajstić information content (AvgIpc) is 2.23. The van der Waals surface area contributed by atoms with Crippen LogP contribution < -0.4 is 5.32 Å². The first kappa shape index (κ1) is 13.5. The van der Waals surface area contributed by atoms with Gasteiger partial charge in [-0.3, -0.25) is 0 Å². The monoisotopic (exact) mass is 243 g/mol. The molecule has 0 aliphatic rings.